The monoisotopic (exact) mass is 341 g/mol. The van der Waals surface area contributed by atoms with Crippen LogP contribution in [0, 0.1) is 6.92 Å². The number of anilines is 1. The molecule has 0 fully saturated rings. The maximum absolute atomic E-state index is 12.9. The lowest BCUT2D eigenvalue weighted by molar-refractivity contribution is -0.141. The van der Waals surface area contributed by atoms with Gasteiger partial charge in [0.05, 0.1) is 14.2 Å². The lowest BCUT2D eigenvalue weighted by atomic mass is 10.2. The molecule has 2 aromatic rings. The third-order valence-electron chi connectivity index (χ3n) is 3.34. The smallest absolute Gasteiger partial charge is 0.433 e. The van der Waals surface area contributed by atoms with E-state index in [2.05, 4.69) is 9.97 Å². The van der Waals surface area contributed by atoms with Crippen molar-refractivity contribution in [3.63, 3.8) is 0 Å². The molecule has 1 heterocycles. The van der Waals surface area contributed by atoms with Crippen molar-refractivity contribution < 1.29 is 22.6 Å². The van der Waals surface area contributed by atoms with Crippen molar-refractivity contribution >= 4 is 5.82 Å². The maximum atomic E-state index is 12.9. The number of rotatable bonds is 5. The first kappa shape index (κ1) is 17.8. The van der Waals surface area contributed by atoms with Crippen molar-refractivity contribution in [2.45, 2.75) is 19.6 Å². The summed E-state index contributed by atoms with van der Waals surface area (Å²) >= 11 is 0. The van der Waals surface area contributed by atoms with E-state index >= 15 is 0 Å². The molecular formula is C16H18F3N3O2. The highest BCUT2D eigenvalue weighted by atomic mass is 19.4. The van der Waals surface area contributed by atoms with Crippen molar-refractivity contribution in [3.05, 3.63) is 41.3 Å². The number of hydrogen-bond donors (Lipinski definition) is 0. The molecule has 0 amide bonds. The predicted octanol–water partition coefficient (Wildman–Crippen LogP) is 3.46. The van der Waals surface area contributed by atoms with Gasteiger partial charge in [-0.2, -0.15) is 13.2 Å². The molecular weight excluding hydrogens is 323 g/mol. The molecule has 0 spiro atoms. The molecule has 8 heteroatoms. The number of nitrogens with zero attached hydrogens (tertiary/aromatic N) is 3. The summed E-state index contributed by atoms with van der Waals surface area (Å²) in [6.07, 6.45) is -4.51. The SMILES string of the molecule is COc1cc(CN(C)c2cc(C(F)(F)F)nc(C)n2)cc(OC)c1. The van der Waals surface area contributed by atoms with Gasteiger partial charge in [0.15, 0.2) is 0 Å². The van der Waals surface area contributed by atoms with E-state index in [1.807, 2.05) is 0 Å². The largest absolute Gasteiger partial charge is 0.497 e. The Labute approximate surface area is 138 Å². The molecule has 2 rings (SSSR count). The van der Waals surface area contributed by atoms with Crippen molar-refractivity contribution in [2.24, 2.45) is 0 Å². The number of methoxy groups -OCH3 is 2. The quantitative estimate of drug-likeness (QED) is 0.833. The highest BCUT2D eigenvalue weighted by Gasteiger charge is 2.33. The summed E-state index contributed by atoms with van der Waals surface area (Å²) in [6.45, 7) is 1.77. The summed E-state index contributed by atoms with van der Waals surface area (Å²) in [7, 11) is 4.73. The number of benzene rings is 1. The van der Waals surface area contributed by atoms with Gasteiger partial charge in [0, 0.05) is 25.7 Å². The van der Waals surface area contributed by atoms with Gasteiger partial charge in [0.25, 0.3) is 0 Å². The molecule has 130 valence electrons. The zero-order chi connectivity index (χ0) is 17.9. The summed E-state index contributed by atoms with van der Waals surface area (Å²) in [5.41, 5.74) is -0.140. The normalized spacial score (nSPS) is 11.3. The van der Waals surface area contributed by atoms with Crippen LogP contribution in [0.2, 0.25) is 0 Å². The van der Waals surface area contributed by atoms with Gasteiger partial charge in [-0.25, -0.2) is 9.97 Å². The fourth-order valence-electron chi connectivity index (χ4n) is 2.21. The molecule has 0 saturated heterocycles. The molecule has 24 heavy (non-hydrogen) atoms. The van der Waals surface area contributed by atoms with E-state index in [9.17, 15) is 13.2 Å². The Morgan fingerprint density at radius 2 is 1.58 bits per heavy atom. The first-order valence-electron chi connectivity index (χ1n) is 7.09. The zero-order valence-electron chi connectivity index (χ0n) is 13.8. The molecule has 0 aliphatic heterocycles. The van der Waals surface area contributed by atoms with Gasteiger partial charge < -0.3 is 14.4 Å². The van der Waals surface area contributed by atoms with Crippen LogP contribution in [0.4, 0.5) is 19.0 Å². The van der Waals surface area contributed by atoms with E-state index in [-0.39, 0.29) is 11.6 Å². The zero-order valence-corrected chi connectivity index (χ0v) is 13.8. The summed E-state index contributed by atoms with van der Waals surface area (Å²) < 4.78 is 49.1. The second kappa shape index (κ2) is 6.94. The molecule has 0 aliphatic carbocycles. The van der Waals surface area contributed by atoms with E-state index in [0.717, 1.165) is 11.6 Å². The Hall–Kier alpha value is -2.51. The second-order valence-corrected chi connectivity index (χ2v) is 5.23. The average Bonchev–Trinajstić information content (AvgIpc) is 2.52. The van der Waals surface area contributed by atoms with Crippen LogP contribution in [-0.2, 0) is 12.7 Å². The van der Waals surface area contributed by atoms with E-state index in [0.29, 0.717) is 18.0 Å². The molecule has 0 bridgehead atoms. The molecule has 0 radical (unpaired) electrons. The van der Waals surface area contributed by atoms with Crippen LogP contribution in [0.1, 0.15) is 17.1 Å². The van der Waals surface area contributed by atoms with Gasteiger partial charge in [0.2, 0.25) is 0 Å². The number of alkyl halides is 3. The molecule has 1 aromatic carbocycles. The number of aryl methyl sites for hydroxylation is 1. The highest BCUT2D eigenvalue weighted by Crippen LogP contribution is 2.30. The summed E-state index contributed by atoms with van der Waals surface area (Å²) in [6, 6.07) is 6.24. The van der Waals surface area contributed by atoms with Crippen LogP contribution in [0.25, 0.3) is 0 Å². The summed E-state index contributed by atoms with van der Waals surface area (Å²) in [5, 5.41) is 0. The fourth-order valence-corrected chi connectivity index (χ4v) is 2.21. The topological polar surface area (TPSA) is 47.5 Å². The van der Waals surface area contributed by atoms with Gasteiger partial charge in [-0.15, -0.1) is 0 Å². The minimum absolute atomic E-state index is 0.0647. The van der Waals surface area contributed by atoms with E-state index in [1.165, 1.54) is 21.1 Å². The predicted molar refractivity (Wildman–Crippen MR) is 83.4 cm³/mol. The van der Waals surface area contributed by atoms with Gasteiger partial charge in [-0.1, -0.05) is 0 Å². The number of ether oxygens (including phenoxy) is 2. The molecule has 1 aromatic heterocycles. The first-order chi connectivity index (χ1) is 11.2. The lowest BCUT2D eigenvalue weighted by Crippen LogP contribution is -2.20. The van der Waals surface area contributed by atoms with Gasteiger partial charge in [-0.05, 0) is 24.6 Å². The van der Waals surface area contributed by atoms with Gasteiger partial charge in [0.1, 0.15) is 28.8 Å². The maximum Gasteiger partial charge on any atom is 0.433 e. The molecule has 0 aliphatic rings. The van der Waals surface area contributed by atoms with Crippen LogP contribution in [0.3, 0.4) is 0 Å². The average molecular weight is 341 g/mol. The third kappa shape index (κ3) is 4.27. The molecule has 0 unspecified atom stereocenters. The minimum atomic E-state index is -4.51. The Bertz CT molecular complexity index is 698. The van der Waals surface area contributed by atoms with E-state index in [1.54, 1.807) is 30.1 Å². The van der Waals surface area contributed by atoms with Gasteiger partial charge >= 0.3 is 6.18 Å². The van der Waals surface area contributed by atoms with Crippen LogP contribution in [0.15, 0.2) is 24.3 Å². The summed E-state index contributed by atoms with van der Waals surface area (Å²) in [5.74, 6) is 1.46. The van der Waals surface area contributed by atoms with E-state index in [4.69, 9.17) is 9.47 Å². The molecule has 0 N–H and O–H groups in total. The Balaban J connectivity index is 2.30. The lowest BCUT2D eigenvalue weighted by Gasteiger charge is -2.20. The first-order valence-corrected chi connectivity index (χ1v) is 7.09. The molecule has 0 saturated carbocycles. The van der Waals surface area contributed by atoms with Crippen molar-refractivity contribution in [3.8, 4) is 11.5 Å². The number of halogens is 3. The van der Waals surface area contributed by atoms with Crippen molar-refractivity contribution in [2.75, 3.05) is 26.2 Å². The van der Waals surface area contributed by atoms with Crippen LogP contribution in [0.5, 0.6) is 11.5 Å². The van der Waals surface area contributed by atoms with Crippen LogP contribution >= 0.6 is 0 Å². The summed E-state index contributed by atoms with van der Waals surface area (Å²) in [4.78, 5) is 9.14. The second-order valence-electron chi connectivity index (χ2n) is 5.23. The van der Waals surface area contributed by atoms with Crippen molar-refractivity contribution in [1.82, 2.24) is 9.97 Å². The number of aromatic nitrogens is 2. The van der Waals surface area contributed by atoms with Crippen LogP contribution < -0.4 is 14.4 Å². The molecule has 5 nitrogen and oxygen atoms in total. The minimum Gasteiger partial charge on any atom is -0.497 e. The highest BCUT2D eigenvalue weighted by molar-refractivity contribution is 5.44. The fraction of sp³-hybridized carbons (Fsp3) is 0.375. The Kier molecular flexibility index (Phi) is 5.16. The third-order valence-corrected chi connectivity index (χ3v) is 3.34. The van der Waals surface area contributed by atoms with Crippen LogP contribution in [-0.4, -0.2) is 31.2 Å². The molecule has 0 atom stereocenters. The Morgan fingerprint density at radius 1 is 1.00 bits per heavy atom. The standard InChI is InChI=1S/C16H18F3N3O2/c1-10-20-14(16(17,18)19)8-15(21-10)22(2)9-11-5-12(23-3)7-13(6-11)24-4/h5-8H,9H2,1-4H3. The van der Waals surface area contributed by atoms with Gasteiger partial charge in [-0.3, -0.25) is 0 Å². The number of hydrogen-bond acceptors (Lipinski definition) is 5. The van der Waals surface area contributed by atoms with E-state index < -0.39 is 11.9 Å². The Morgan fingerprint density at radius 3 is 2.08 bits per heavy atom. The van der Waals surface area contributed by atoms with Crippen molar-refractivity contribution in [1.29, 1.82) is 0 Å².